The second-order valence-corrected chi connectivity index (χ2v) is 6.48. The molecule has 1 aromatic carbocycles. The molecule has 1 aliphatic rings. The Morgan fingerprint density at radius 2 is 2.21 bits per heavy atom. The van der Waals surface area contributed by atoms with Crippen LogP contribution in [0.2, 0.25) is 0 Å². The zero-order chi connectivity index (χ0) is 16.9. The van der Waals surface area contributed by atoms with Crippen LogP contribution in [-0.2, 0) is 11.8 Å². The molecule has 0 fully saturated rings. The molecule has 1 aromatic heterocycles. The van der Waals surface area contributed by atoms with Crippen LogP contribution in [0.15, 0.2) is 41.8 Å². The molecule has 6 nitrogen and oxygen atoms in total. The quantitative estimate of drug-likeness (QED) is 0.750. The lowest BCUT2D eigenvalue weighted by molar-refractivity contribution is -0.129. The van der Waals surface area contributed by atoms with Gasteiger partial charge < -0.3 is 18.9 Å². The molecule has 2 heterocycles. The van der Waals surface area contributed by atoms with Crippen molar-refractivity contribution in [1.82, 2.24) is 14.5 Å². The fourth-order valence-corrected chi connectivity index (χ4v) is 3.35. The second-order valence-electron chi connectivity index (χ2n) is 5.54. The summed E-state index contributed by atoms with van der Waals surface area (Å²) in [5.74, 6) is 1.93. The number of hydrogen-bond acceptors (Lipinski definition) is 5. The lowest BCUT2D eigenvalue weighted by Gasteiger charge is -2.30. The highest BCUT2D eigenvalue weighted by Crippen LogP contribution is 2.31. The van der Waals surface area contributed by atoms with Crippen LogP contribution in [-0.4, -0.2) is 51.9 Å². The molecule has 0 radical (unpaired) electrons. The second kappa shape index (κ2) is 7.61. The van der Waals surface area contributed by atoms with E-state index in [-0.39, 0.29) is 12.0 Å². The number of ether oxygens (including phenoxy) is 2. The van der Waals surface area contributed by atoms with Gasteiger partial charge in [-0.05, 0) is 19.1 Å². The lowest BCUT2D eigenvalue weighted by atomic mass is 10.2. The number of carbonyl (C=O) groups excluding carboxylic acids is 1. The first kappa shape index (κ1) is 16.7. The van der Waals surface area contributed by atoms with Crippen molar-refractivity contribution in [3.05, 3.63) is 36.7 Å². The fourth-order valence-electron chi connectivity index (χ4n) is 2.51. The molecule has 7 heteroatoms. The number of aryl methyl sites for hydroxylation is 1. The van der Waals surface area contributed by atoms with Crippen LogP contribution in [0.4, 0.5) is 0 Å². The van der Waals surface area contributed by atoms with Crippen molar-refractivity contribution in [2.24, 2.45) is 7.05 Å². The van der Waals surface area contributed by atoms with Crippen LogP contribution < -0.4 is 9.47 Å². The van der Waals surface area contributed by atoms with Crippen molar-refractivity contribution in [2.75, 3.05) is 25.4 Å². The number of benzene rings is 1. The molecule has 2 aromatic rings. The van der Waals surface area contributed by atoms with Gasteiger partial charge in [-0.3, -0.25) is 4.79 Å². The molecule has 128 valence electrons. The van der Waals surface area contributed by atoms with E-state index in [1.807, 2.05) is 49.0 Å². The van der Waals surface area contributed by atoms with Gasteiger partial charge in [-0.25, -0.2) is 4.98 Å². The Morgan fingerprint density at radius 3 is 2.92 bits per heavy atom. The van der Waals surface area contributed by atoms with E-state index in [1.54, 1.807) is 11.1 Å². The molecule has 0 aliphatic carbocycles. The molecule has 0 bridgehead atoms. The van der Waals surface area contributed by atoms with Gasteiger partial charge in [0.15, 0.2) is 22.8 Å². The molecule has 0 unspecified atom stereocenters. The number of rotatable bonds is 6. The van der Waals surface area contributed by atoms with E-state index in [0.717, 1.165) is 16.7 Å². The molecule has 1 amide bonds. The first-order valence-corrected chi connectivity index (χ1v) is 8.92. The van der Waals surface area contributed by atoms with Gasteiger partial charge in [0.05, 0.1) is 12.3 Å². The maximum Gasteiger partial charge on any atom is 0.233 e. The van der Waals surface area contributed by atoms with Gasteiger partial charge in [0.2, 0.25) is 5.91 Å². The Balaban J connectivity index is 1.55. The number of nitrogens with zero attached hydrogens (tertiary/aromatic N) is 3. The summed E-state index contributed by atoms with van der Waals surface area (Å²) in [5.41, 5.74) is 0. The minimum absolute atomic E-state index is 0.0768. The third kappa shape index (κ3) is 3.84. The highest BCUT2D eigenvalue weighted by molar-refractivity contribution is 7.99. The van der Waals surface area contributed by atoms with E-state index in [9.17, 15) is 4.79 Å². The SMILES string of the molecule is CCN(C[C@@H]1COc2ccccc2O1)C(=O)CSc1nccn1C. The zero-order valence-corrected chi connectivity index (χ0v) is 14.7. The van der Waals surface area contributed by atoms with Crippen LogP contribution >= 0.6 is 11.8 Å². The summed E-state index contributed by atoms with van der Waals surface area (Å²) >= 11 is 1.44. The average Bonchev–Trinajstić information content (AvgIpc) is 3.02. The third-order valence-electron chi connectivity index (χ3n) is 3.83. The number of fused-ring (bicyclic) bond motifs is 1. The molecule has 0 saturated heterocycles. The van der Waals surface area contributed by atoms with Crippen LogP contribution in [0.3, 0.4) is 0 Å². The highest BCUT2D eigenvalue weighted by Gasteiger charge is 2.24. The normalized spacial score (nSPS) is 16.0. The summed E-state index contributed by atoms with van der Waals surface area (Å²) < 4.78 is 13.6. The number of carbonyl (C=O) groups is 1. The van der Waals surface area contributed by atoms with E-state index in [1.165, 1.54) is 11.8 Å². The molecular formula is C17H21N3O3S. The molecule has 3 rings (SSSR count). The van der Waals surface area contributed by atoms with Crippen LogP contribution in [0.5, 0.6) is 11.5 Å². The van der Waals surface area contributed by atoms with Gasteiger partial charge in [0, 0.05) is 26.0 Å². The highest BCUT2D eigenvalue weighted by atomic mass is 32.2. The van der Waals surface area contributed by atoms with E-state index in [0.29, 0.717) is 25.4 Å². The summed E-state index contributed by atoms with van der Waals surface area (Å²) in [6.45, 7) is 3.58. The maximum absolute atomic E-state index is 12.5. The van der Waals surface area contributed by atoms with E-state index in [4.69, 9.17) is 9.47 Å². The smallest absolute Gasteiger partial charge is 0.233 e. The number of likely N-dealkylation sites (N-methyl/N-ethyl adjacent to an activating group) is 1. The summed E-state index contributed by atoms with van der Waals surface area (Å²) in [7, 11) is 1.92. The Labute approximate surface area is 145 Å². The Hall–Kier alpha value is -2.15. The van der Waals surface area contributed by atoms with Crippen molar-refractivity contribution >= 4 is 17.7 Å². The molecule has 24 heavy (non-hydrogen) atoms. The maximum atomic E-state index is 12.5. The summed E-state index contributed by atoms with van der Waals surface area (Å²) in [6.07, 6.45) is 3.45. The molecule has 1 atom stereocenters. The van der Waals surface area contributed by atoms with Crippen molar-refractivity contribution in [3.63, 3.8) is 0 Å². The van der Waals surface area contributed by atoms with Gasteiger partial charge in [0.25, 0.3) is 0 Å². The molecule has 0 N–H and O–H groups in total. The minimum atomic E-state index is -0.151. The summed E-state index contributed by atoms with van der Waals surface area (Å²) in [5, 5.41) is 0.839. The van der Waals surface area contributed by atoms with Crippen LogP contribution in [0.25, 0.3) is 0 Å². The van der Waals surface area contributed by atoms with Crippen LogP contribution in [0.1, 0.15) is 6.92 Å². The molecule has 0 saturated carbocycles. The average molecular weight is 347 g/mol. The number of para-hydroxylation sites is 2. The molecule has 0 spiro atoms. The van der Waals surface area contributed by atoms with Gasteiger partial charge in [-0.1, -0.05) is 23.9 Å². The topological polar surface area (TPSA) is 56.6 Å². The predicted molar refractivity (Wildman–Crippen MR) is 92.5 cm³/mol. The Morgan fingerprint density at radius 1 is 1.42 bits per heavy atom. The van der Waals surface area contributed by atoms with Crippen LogP contribution in [0, 0.1) is 0 Å². The fraction of sp³-hybridized carbons (Fsp3) is 0.412. The van der Waals surface area contributed by atoms with Gasteiger partial charge >= 0.3 is 0 Å². The van der Waals surface area contributed by atoms with Crippen molar-refractivity contribution in [1.29, 1.82) is 0 Å². The van der Waals surface area contributed by atoms with Crippen molar-refractivity contribution < 1.29 is 14.3 Å². The zero-order valence-electron chi connectivity index (χ0n) is 13.8. The summed E-state index contributed by atoms with van der Waals surface area (Å²) in [6, 6.07) is 7.60. The minimum Gasteiger partial charge on any atom is -0.486 e. The molecular weight excluding hydrogens is 326 g/mol. The first-order chi connectivity index (χ1) is 11.7. The number of imidazole rings is 1. The number of amides is 1. The number of hydrogen-bond donors (Lipinski definition) is 0. The number of thioether (sulfide) groups is 1. The monoisotopic (exact) mass is 347 g/mol. The third-order valence-corrected chi connectivity index (χ3v) is 4.87. The lowest BCUT2D eigenvalue weighted by Crippen LogP contribution is -2.44. The number of aromatic nitrogens is 2. The van der Waals surface area contributed by atoms with Gasteiger partial charge in [0.1, 0.15) is 6.61 Å². The van der Waals surface area contributed by atoms with E-state index >= 15 is 0 Å². The van der Waals surface area contributed by atoms with Crippen molar-refractivity contribution in [2.45, 2.75) is 18.2 Å². The first-order valence-electron chi connectivity index (χ1n) is 7.93. The van der Waals surface area contributed by atoms with Crippen molar-refractivity contribution in [3.8, 4) is 11.5 Å². The molecule has 1 aliphatic heterocycles. The predicted octanol–water partition coefficient (Wildman–Crippen LogP) is 2.20. The summed E-state index contributed by atoms with van der Waals surface area (Å²) in [4.78, 5) is 18.5. The van der Waals surface area contributed by atoms with E-state index in [2.05, 4.69) is 4.98 Å². The standard InChI is InChI=1S/C17H21N3O3S/c1-3-20(16(21)12-24-17-18-8-9-19(17)2)10-13-11-22-14-6-4-5-7-15(14)23-13/h4-9,13H,3,10-12H2,1-2H3/t13-/m1/s1. The van der Waals surface area contributed by atoms with Gasteiger partial charge in [-0.2, -0.15) is 0 Å². The Bertz CT molecular complexity index is 704. The largest absolute Gasteiger partial charge is 0.486 e. The van der Waals surface area contributed by atoms with Gasteiger partial charge in [-0.15, -0.1) is 0 Å². The van der Waals surface area contributed by atoms with E-state index < -0.39 is 0 Å². The Kier molecular flexibility index (Phi) is 5.30.